The maximum Gasteiger partial charge on any atom is 0.342 e. The molecule has 0 spiro atoms. The zero-order chi connectivity index (χ0) is 32.3. The number of imidazole rings is 1. The molecule has 0 aliphatic heterocycles. The lowest BCUT2D eigenvalue weighted by atomic mass is 10.2. The molecule has 2 aromatic heterocycles. The van der Waals surface area contributed by atoms with Gasteiger partial charge in [0.05, 0.1) is 25.1 Å². The van der Waals surface area contributed by atoms with Crippen molar-refractivity contribution in [3.63, 3.8) is 0 Å². The number of carboxylic acid groups (broad SMARTS) is 2. The number of benzene rings is 1. The number of nitrogen functional groups attached to an aromatic ring is 1. The lowest BCUT2D eigenvalue weighted by molar-refractivity contribution is -0.165. The molecule has 0 amide bonds. The Kier molecular flexibility index (Phi) is 13.0. The van der Waals surface area contributed by atoms with Crippen LogP contribution in [0.15, 0.2) is 43.0 Å². The van der Waals surface area contributed by atoms with E-state index in [0.717, 1.165) is 0 Å². The van der Waals surface area contributed by atoms with Gasteiger partial charge in [0, 0.05) is 0 Å². The minimum absolute atomic E-state index is 0.272. The van der Waals surface area contributed by atoms with Crippen LogP contribution in [0.25, 0.3) is 11.2 Å². The average molecular weight is 627 g/mol. The number of rotatable bonds is 14. The minimum atomic E-state index is -3.64. The van der Waals surface area contributed by atoms with E-state index >= 15 is 0 Å². The summed E-state index contributed by atoms with van der Waals surface area (Å²) in [4.78, 5) is 44.2. The van der Waals surface area contributed by atoms with E-state index < -0.39 is 43.7 Å². The molecule has 0 fully saturated rings. The van der Waals surface area contributed by atoms with E-state index in [1.54, 1.807) is 55.9 Å². The van der Waals surface area contributed by atoms with Gasteiger partial charge in [0.2, 0.25) is 0 Å². The number of aliphatic carboxylic acids is 2. The lowest BCUT2D eigenvalue weighted by Crippen LogP contribution is -2.39. The van der Waals surface area contributed by atoms with Gasteiger partial charge in [-0.3, -0.25) is 9.36 Å². The summed E-state index contributed by atoms with van der Waals surface area (Å²) in [5.41, 5.74) is 6.91. The minimum Gasteiger partial charge on any atom is -0.479 e. The van der Waals surface area contributed by atoms with Crippen LogP contribution in [0.5, 0.6) is 5.75 Å². The Labute approximate surface area is 246 Å². The first kappa shape index (κ1) is 35.0. The molecule has 43 heavy (non-hydrogen) atoms. The monoisotopic (exact) mass is 626 g/mol. The molecular weight excluding hydrogens is 591 g/mol. The van der Waals surface area contributed by atoms with Crippen LogP contribution in [0, 0.1) is 0 Å². The van der Waals surface area contributed by atoms with Gasteiger partial charge in [0.15, 0.2) is 23.7 Å². The summed E-state index contributed by atoms with van der Waals surface area (Å²) in [7, 11) is -3.64. The molecule has 0 unspecified atom stereocenters. The fraction of sp³-hybridized carbons (Fsp3) is 0.440. The number of anilines is 1. The van der Waals surface area contributed by atoms with Crippen molar-refractivity contribution in [2.45, 2.75) is 64.7 Å². The Bertz CT molecular complexity index is 1400. The second kappa shape index (κ2) is 15.9. The quantitative estimate of drug-likeness (QED) is 0.107. The summed E-state index contributed by atoms with van der Waals surface area (Å²) >= 11 is 0. The molecule has 236 valence electrons. The first-order valence-corrected chi connectivity index (χ1v) is 14.6. The molecule has 0 aliphatic carbocycles. The normalized spacial score (nSPS) is 15.3. The third-order valence-electron chi connectivity index (χ3n) is 5.31. The highest BCUT2D eigenvalue weighted by atomic mass is 31.2. The van der Waals surface area contributed by atoms with Crippen LogP contribution in [0.1, 0.15) is 27.7 Å². The van der Waals surface area contributed by atoms with Gasteiger partial charge in [-0.2, -0.15) is 0 Å². The first-order valence-electron chi connectivity index (χ1n) is 12.8. The number of aliphatic hydroxyl groups is 2. The highest BCUT2D eigenvalue weighted by Gasteiger charge is 2.32. The number of nitrogens with one attached hydrogen (secondary N) is 1. The third kappa shape index (κ3) is 10.9. The summed E-state index contributed by atoms with van der Waals surface area (Å²) in [5, 5.41) is 35.3. The number of carboxylic acids is 2. The number of nitrogens with two attached hydrogens (primary N) is 1. The predicted octanol–water partition coefficient (Wildman–Crippen LogP) is 0.850. The maximum absolute atomic E-state index is 13.6. The number of carbonyl (C=O) groups excluding carboxylic acids is 1. The number of carbonyl (C=O) groups is 3. The van der Waals surface area contributed by atoms with Crippen LogP contribution < -0.4 is 15.3 Å². The van der Waals surface area contributed by atoms with Gasteiger partial charge in [-0.15, -0.1) is 0 Å². The standard InChI is InChI=1S/C21H29N6O5P.C4H6O6/c1-14(2)31-21(28)16(4)26-33(29,32-17-8-6-5-7-9-17)13-30-15(3)10-27-12-25-18-19(22)23-11-24-20(18)27;5-1(3(7)8)2(6)4(9)10/h5-9,11-12,14-16H,10,13H2,1-4H3,(H,26,29)(H2,22,23,24);1-2,5-6H,(H,7,8)(H,9,10)/t15-,16+,33+;1-,2-/m11/s1. The Morgan fingerprint density at radius 3 is 2.16 bits per heavy atom. The molecule has 3 rings (SSSR count). The van der Waals surface area contributed by atoms with Gasteiger partial charge >= 0.3 is 25.4 Å². The van der Waals surface area contributed by atoms with Gasteiger partial charge in [0.1, 0.15) is 30.0 Å². The summed E-state index contributed by atoms with van der Waals surface area (Å²) in [5.74, 6) is -3.39. The second-order valence-corrected chi connectivity index (χ2v) is 11.5. The van der Waals surface area contributed by atoms with E-state index in [2.05, 4.69) is 20.0 Å². The summed E-state index contributed by atoms with van der Waals surface area (Å²) in [6.45, 7) is 7.25. The van der Waals surface area contributed by atoms with Crippen molar-refractivity contribution in [1.29, 1.82) is 0 Å². The molecule has 0 saturated heterocycles. The van der Waals surface area contributed by atoms with Crippen molar-refractivity contribution < 1.29 is 53.4 Å². The zero-order valence-electron chi connectivity index (χ0n) is 23.8. The molecule has 0 saturated carbocycles. The van der Waals surface area contributed by atoms with E-state index in [-0.39, 0.29) is 18.6 Å². The number of esters is 1. The van der Waals surface area contributed by atoms with E-state index in [1.165, 1.54) is 6.33 Å². The Hall–Kier alpha value is -4.15. The van der Waals surface area contributed by atoms with E-state index in [9.17, 15) is 18.9 Å². The van der Waals surface area contributed by atoms with Crippen molar-refractivity contribution in [1.82, 2.24) is 24.6 Å². The van der Waals surface area contributed by atoms with E-state index in [4.69, 9.17) is 40.2 Å². The number of nitrogens with zero attached hydrogens (tertiary/aromatic N) is 4. The smallest absolute Gasteiger partial charge is 0.342 e. The molecular formula is C25H35N6O11P. The van der Waals surface area contributed by atoms with Crippen LogP contribution in [0.2, 0.25) is 0 Å². The Balaban J connectivity index is 0.000000553. The van der Waals surface area contributed by atoms with Crippen molar-refractivity contribution in [2.24, 2.45) is 0 Å². The van der Waals surface area contributed by atoms with Crippen LogP contribution in [-0.2, 0) is 35.0 Å². The highest BCUT2D eigenvalue weighted by molar-refractivity contribution is 7.57. The predicted molar refractivity (Wildman–Crippen MR) is 151 cm³/mol. The van der Waals surface area contributed by atoms with Crippen LogP contribution in [0.3, 0.4) is 0 Å². The van der Waals surface area contributed by atoms with Gasteiger partial charge < -0.3 is 44.7 Å². The van der Waals surface area contributed by atoms with Crippen molar-refractivity contribution in [3.8, 4) is 5.75 Å². The third-order valence-corrected chi connectivity index (χ3v) is 7.08. The number of aromatic nitrogens is 4. The fourth-order valence-corrected chi connectivity index (χ4v) is 5.07. The number of fused-ring (bicyclic) bond motifs is 1. The summed E-state index contributed by atoms with van der Waals surface area (Å²) < 4.78 is 32.2. The molecule has 0 bridgehead atoms. The zero-order valence-corrected chi connectivity index (χ0v) is 24.7. The van der Waals surface area contributed by atoms with Gasteiger partial charge in [-0.1, -0.05) is 18.2 Å². The van der Waals surface area contributed by atoms with Crippen molar-refractivity contribution >= 4 is 42.4 Å². The molecule has 1 aromatic carbocycles. The number of aliphatic hydroxyl groups excluding tert-OH is 2. The first-order chi connectivity index (χ1) is 20.1. The molecule has 3 aromatic rings. The summed E-state index contributed by atoms with van der Waals surface area (Å²) in [6.07, 6.45) is -2.52. The van der Waals surface area contributed by atoms with Crippen LogP contribution in [-0.4, -0.2) is 94.7 Å². The molecule has 18 heteroatoms. The average Bonchev–Trinajstić information content (AvgIpc) is 3.35. The number of hydrogen-bond acceptors (Lipinski definition) is 13. The van der Waals surface area contributed by atoms with Gasteiger partial charge in [0.25, 0.3) is 0 Å². The molecule has 0 radical (unpaired) electrons. The van der Waals surface area contributed by atoms with Crippen molar-refractivity contribution in [3.05, 3.63) is 43.0 Å². The fourth-order valence-electron chi connectivity index (χ4n) is 3.28. The molecule has 5 atom stereocenters. The number of para-hydroxylation sites is 1. The molecule has 7 N–H and O–H groups in total. The Morgan fingerprint density at radius 2 is 1.60 bits per heavy atom. The van der Waals surface area contributed by atoms with E-state index in [0.29, 0.717) is 29.3 Å². The van der Waals surface area contributed by atoms with Gasteiger partial charge in [-0.05, 0) is 39.8 Å². The van der Waals surface area contributed by atoms with E-state index in [1.807, 2.05) is 13.0 Å². The number of hydrogen-bond donors (Lipinski definition) is 6. The van der Waals surface area contributed by atoms with Crippen molar-refractivity contribution in [2.75, 3.05) is 12.1 Å². The molecule has 0 aliphatic rings. The maximum atomic E-state index is 13.6. The van der Waals surface area contributed by atoms with Gasteiger partial charge in [-0.25, -0.2) is 29.6 Å². The molecule has 17 nitrogen and oxygen atoms in total. The van der Waals surface area contributed by atoms with Crippen LogP contribution >= 0.6 is 7.52 Å². The highest BCUT2D eigenvalue weighted by Crippen LogP contribution is 2.44. The second-order valence-electron chi connectivity index (χ2n) is 9.41. The molecule has 2 heterocycles. The topological polar surface area (TPSA) is 259 Å². The van der Waals surface area contributed by atoms with Crippen LogP contribution in [0.4, 0.5) is 5.82 Å². The SMILES string of the molecule is CC(C)OC(=O)[C@H](C)N[P@](=O)(CO[C@H](C)Cn1cnc2c(N)ncnc21)Oc1ccccc1.O=C(O)[C@H](O)[C@@H](O)C(=O)O. The summed E-state index contributed by atoms with van der Waals surface area (Å²) in [6, 6.07) is 7.83. The largest absolute Gasteiger partial charge is 0.479 e. The Morgan fingerprint density at radius 1 is 1.00 bits per heavy atom. The number of ether oxygens (including phenoxy) is 2. The lowest BCUT2D eigenvalue weighted by Gasteiger charge is -2.25.